The summed E-state index contributed by atoms with van der Waals surface area (Å²) in [6.45, 7) is 2.11. The van der Waals surface area contributed by atoms with Crippen molar-refractivity contribution in [2.24, 2.45) is 0 Å². The number of fused-ring (bicyclic) bond motifs is 1. The molecule has 1 aromatic heterocycles. The Bertz CT molecular complexity index is 314. The predicted molar refractivity (Wildman–Crippen MR) is 58.3 cm³/mol. The Morgan fingerprint density at radius 1 is 1.54 bits per heavy atom. The highest BCUT2D eigenvalue weighted by Gasteiger charge is 2.13. The van der Waals surface area contributed by atoms with E-state index in [1.807, 2.05) is 12.4 Å². The fraction of sp³-hybridized carbons (Fsp3) is 0.444. The monoisotopic (exact) mass is 241 g/mol. The Kier molecular flexibility index (Phi) is 2.40. The van der Waals surface area contributed by atoms with E-state index in [9.17, 15) is 0 Å². The first-order valence-electron chi connectivity index (χ1n) is 4.37. The molecule has 4 heteroatoms. The number of hydrogen-bond donors (Lipinski definition) is 1. The lowest BCUT2D eigenvalue weighted by Crippen LogP contribution is -2.17. The molecule has 0 aliphatic carbocycles. The molecule has 1 aromatic rings. The van der Waals surface area contributed by atoms with E-state index < -0.39 is 0 Å². The Morgan fingerprint density at radius 2 is 2.38 bits per heavy atom. The summed E-state index contributed by atoms with van der Waals surface area (Å²) in [5.74, 6) is 0. The normalized spacial score (nSPS) is 16.0. The highest BCUT2D eigenvalue weighted by Crippen LogP contribution is 2.32. The topological polar surface area (TPSA) is 28.2 Å². The zero-order chi connectivity index (χ0) is 9.26. The van der Waals surface area contributed by atoms with E-state index in [4.69, 9.17) is 0 Å². The average Bonchev–Trinajstić information content (AvgIpc) is 2.30. The van der Waals surface area contributed by atoms with Gasteiger partial charge in [-0.1, -0.05) is 0 Å². The Balaban J connectivity index is 2.47. The van der Waals surface area contributed by atoms with Crippen molar-refractivity contribution < 1.29 is 0 Å². The van der Waals surface area contributed by atoms with Crippen LogP contribution in [-0.4, -0.2) is 25.1 Å². The second kappa shape index (κ2) is 3.54. The number of hydrogen-bond acceptors (Lipinski definition) is 3. The van der Waals surface area contributed by atoms with Gasteiger partial charge in [0, 0.05) is 26.3 Å². The van der Waals surface area contributed by atoms with Crippen LogP contribution in [0.3, 0.4) is 0 Å². The maximum Gasteiger partial charge on any atom is 0.0797 e. The first-order valence-corrected chi connectivity index (χ1v) is 5.17. The molecular weight excluding hydrogens is 230 g/mol. The van der Waals surface area contributed by atoms with E-state index in [0.29, 0.717) is 0 Å². The van der Waals surface area contributed by atoms with Crippen LogP contribution in [0.4, 0.5) is 11.4 Å². The lowest BCUT2D eigenvalue weighted by Gasteiger charge is -2.18. The van der Waals surface area contributed by atoms with Gasteiger partial charge >= 0.3 is 0 Å². The molecule has 0 unspecified atom stereocenters. The van der Waals surface area contributed by atoms with Crippen molar-refractivity contribution in [3.8, 4) is 0 Å². The third kappa shape index (κ3) is 1.63. The minimum Gasteiger partial charge on any atom is -0.382 e. The van der Waals surface area contributed by atoms with Gasteiger partial charge in [0.1, 0.15) is 0 Å². The van der Waals surface area contributed by atoms with Gasteiger partial charge < -0.3 is 10.2 Å². The molecule has 0 radical (unpaired) electrons. The molecule has 70 valence electrons. The van der Waals surface area contributed by atoms with Gasteiger partial charge in [-0.15, -0.1) is 0 Å². The van der Waals surface area contributed by atoms with Gasteiger partial charge in [0.2, 0.25) is 0 Å². The maximum absolute atomic E-state index is 4.16. The molecule has 0 spiro atoms. The van der Waals surface area contributed by atoms with Crippen LogP contribution >= 0.6 is 15.9 Å². The van der Waals surface area contributed by atoms with Crippen LogP contribution in [0.25, 0.3) is 0 Å². The largest absolute Gasteiger partial charge is 0.382 e. The molecule has 0 saturated carbocycles. The first kappa shape index (κ1) is 8.81. The van der Waals surface area contributed by atoms with Crippen molar-refractivity contribution in [2.45, 2.75) is 6.42 Å². The molecule has 2 heterocycles. The van der Waals surface area contributed by atoms with Gasteiger partial charge in [-0.25, -0.2) is 0 Å². The summed E-state index contributed by atoms with van der Waals surface area (Å²) in [6.07, 6.45) is 4.89. The van der Waals surface area contributed by atoms with Crippen LogP contribution in [0.15, 0.2) is 16.9 Å². The third-order valence-corrected chi connectivity index (χ3v) is 2.86. The lowest BCUT2D eigenvalue weighted by molar-refractivity contribution is 0.836. The minimum absolute atomic E-state index is 1.03. The number of rotatable bonds is 0. The van der Waals surface area contributed by atoms with E-state index in [2.05, 4.69) is 38.2 Å². The summed E-state index contributed by atoms with van der Waals surface area (Å²) in [5, 5.41) is 3.40. The minimum atomic E-state index is 1.03. The Labute approximate surface area is 86.3 Å². The molecule has 0 aromatic carbocycles. The fourth-order valence-corrected chi connectivity index (χ4v) is 2.00. The van der Waals surface area contributed by atoms with Crippen molar-refractivity contribution >= 4 is 27.3 Å². The van der Waals surface area contributed by atoms with E-state index >= 15 is 0 Å². The number of halogens is 1. The Morgan fingerprint density at radius 3 is 3.23 bits per heavy atom. The lowest BCUT2D eigenvalue weighted by atomic mass is 10.3. The summed E-state index contributed by atoms with van der Waals surface area (Å²) in [4.78, 5) is 6.39. The van der Waals surface area contributed by atoms with Gasteiger partial charge in [-0.05, 0) is 22.4 Å². The molecule has 1 N–H and O–H groups in total. The second-order valence-corrected chi connectivity index (χ2v) is 4.07. The van der Waals surface area contributed by atoms with Crippen LogP contribution in [0, 0.1) is 0 Å². The van der Waals surface area contributed by atoms with Crippen LogP contribution in [0.2, 0.25) is 0 Å². The summed E-state index contributed by atoms with van der Waals surface area (Å²) in [5.41, 5.74) is 2.34. The first-order chi connectivity index (χ1) is 6.29. The van der Waals surface area contributed by atoms with E-state index in [1.54, 1.807) is 0 Å². The number of nitrogens with one attached hydrogen (secondary N) is 1. The molecule has 0 amide bonds. The van der Waals surface area contributed by atoms with E-state index in [1.165, 1.54) is 5.69 Å². The number of aromatic nitrogens is 1. The van der Waals surface area contributed by atoms with Crippen molar-refractivity contribution in [1.29, 1.82) is 0 Å². The molecular formula is C9H12BrN3. The standard InChI is InChI=1S/C9H12BrN3/c1-13-4-2-3-12-9-7(10)5-11-6-8(9)13/h5-6,12H,2-4H2,1H3. The Hall–Kier alpha value is -0.770. The van der Waals surface area contributed by atoms with Crippen LogP contribution in [-0.2, 0) is 0 Å². The summed E-state index contributed by atoms with van der Waals surface area (Å²) < 4.78 is 1.04. The van der Waals surface area contributed by atoms with Gasteiger partial charge in [0.15, 0.2) is 0 Å². The van der Waals surface area contributed by atoms with Crippen molar-refractivity contribution in [2.75, 3.05) is 30.4 Å². The predicted octanol–water partition coefficient (Wildman–Crippen LogP) is 2.10. The van der Waals surface area contributed by atoms with E-state index in [0.717, 1.165) is 29.7 Å². The highest BCUT2D eigenvalue weighted by atomic mass is 79.9. The van der Waals surface area contributed by atoms with Crippen LogP contribution < -0.4 is 10.2 Å². The van der Waals surface area contributed by atoms with Gasteiger partial charge in [-0.3, -0.25) is 4.98 Å². The molecule has 1 aliphatic rings. The molecule has 0 atom stereocenters. The van der Waals surface area contributed by atoms with Gasteiger partial charge in [0.05, 0.1) is 22.0 Å². The highest BCUT2D eigenvalue weighted by molar-refractivity contribution is 9.10. The van der Waals surface area contributed by atoms with E-state index in [-0.39, 0.29) is 0 Å². The average molecular weight is 242 g/mol. The molecule has 0 fully saturated rings. The quantitative estimate of drug-likeness (QED) is 0.755. The number of nitrogens with zero attached hydrogens (tertiary/aromatic N) is 2. The SMILES string of the molecule is CN1CCCNc2c(Br)cncc21. The molecule has 13 heavy (non-hydrogen) atoms. The fourth-order valence-electron chi connectivity index (χ4n) is 1.54. The summed E-state index contributed by atoms with van der Waals surface area (Å²) in [7, 11) is 2.10. The van der Waals surface area contributed by atoms with Crippen molar-refractivity contribution in [3.63, 3.8) is 0 Å². The van der Waals surface area contributed by atoms with Gasteiger partial charge in [0.25, 0.3) is 0 Å². The van der Waals surface area contributed by atoms with Crippen molar-refractivity contribution in [3.05, 3.63) is 16.9 Å². The van der Waals surface area contributed by atoms with Gasteiger partial charge in [-0.2, -0.15) is 0 Å². The molecule has 3 nitrogen and oxygen atoms in total. The van der Waals surface area contributed by atoms with Crippen LogP contribution in [0.5, 0.6) is 0 Å². The molecule has 0 saturated heterocycles. The zero-order valence-electron chi connectivity index (χ0n) is 7.55. The molecule has 1 aliphatic heterocycles. The molecule has 2 rings (SSSR count). The molecule has 0 bridgehead atoms. The smallest absolute Gasteiger partial charge is 0.0797 e. The third-order valence-electron chi connectivity index (χ3n) is 2.26. The maximum atomic E-state index is 4.16. The van der Waals surface area contributed by atoms with Crippen LogP contribution in [0.1, 0.15) is 6.42 Å². The summed E-state index contributed by atoms with van der Waals surface area (Å²) in [6, 6.07) is 0. The summed E-state index contributed by atoms with van der Waals surface area (Å²) >= 11 is 3.49. The van der Waals surface area contributed by atoms with Crippen molar-refractivity contribution in [1.82, 2.24) is 4.98 Å². The number of anilines is 2. The number of pyridine rings is 1. The zero-order valence-corrected chi connectivity index (χ0v) is 9.13. The second-order valence-electron chi connectivity index (χ2n) is 3.22.